The third kappa shape index (κ3) is 4.79. The van der Waals surface area contributed by atoms with Crippen molar-refractivity contribution in [3.05, 3.63) is 48.0 Å². The number of hydrogen-bond acceptors (Lipinski definition) is 1. The first-order chi connectivity index (χ1) is 9.81. The first-order valence-corrected chi connectivity index (χ1v) is 8.23. The van der Waals surface area contributed by atoms with Gasteiger partial charge in [-0.1, -0.05) is 37.3 Å². The van der Waals surface area contributed by atoms with Gasteiger partial charge in [-0.25, -0.2) is 0 Å². The quantitative estimate of drug-likeness (QED) is 0.661. The highest BCUT2D eigenvalue weighted by Crippen LogP contribution is 2.22. The van der Waals surface area contributed by atoms with Crippen LogP contribution in [-0.2, 0) is 12.8 Å². The maximum Gasteiger partial charge on any atom is -0.00160 e. The van der Waals surface area contributed by atoms with Crippen molar-refractivity contribution in [2.45, 2.75) is 45.4 Å². The van der Waals surface area contributed by atoms with E-state index in [0.29, 0.717) is 0 Å². The molecule has 1 heteroatoms. The maximum atomic E-state index is 3.79. The topological polar surface area (TPSA) is 3.24 Å². The molecule has 1 saturated heterocycles. The van der Waals surface area contributed by atoms with E-state index < -0.39 is 0 Å². The Hall–Kier alpha value is -1.08. The third-order valence-electron chi connectivity index (χ3n) is 4.43. The van der Waals surface area contributed by atoms with E-state index in [2.05, 4.69) is 42.7 Å². The first kappa shape index (κ1) is 15.3. The zero-order valence-electron chi connectivity index (χ0n) is 13.0. The van der Waals surface area contributed by atoms with Crippen molar-refractivity contribution in [1.82, 2.24) is 4.90 Å². The van der Waals surface area contributed by atoms with Gasteiger partial charge in [0.2, 0.25) is 0 Å². The molecule has 0 radical (unpaired) electrons. The molecule has 2 rings (SSSR count). The molecule has 1 aromatic carbocycles. The third-order valence-corrected chi connectivity index (χ3v) is 4.43. The second-order valence-electron chi connectivity index (χ2n) is 6.13. The molecule has 0 saturated carbocycles. The predicted octanol–water partition coefficient (Wildman–Crippen LogP) is 4.47. The smallest absolute Gasteiger partial charge is 0.00160 e. The molecule has 110 valence electrons. The van der Waals surface area contributed by atoms with Crippen LogP contribution in [0.15, 0.2) is 36.9 Å². The molecule has 0 aromatic heterocycles. The van der Waals surface area contributed by atoms with Gasteiger partial charge in [0.05, 0.1) is 0 Å². The molecule has 1 heterocycles. The Morgan fingerprint density at radius 2 is 1.80 bits per heavy atom. The van der Waals surface area contributed by atoms with E-state index in [-0.39, 0.29) is 0 Å². The normalized spacial score (nSPS) is 17.2. The predicted molar refractivity (Wildman–Crippen MR) is 88.1 cm³/mol. The highest BCUT2D eigenvalue weighted by atomic mass is 15.1. The zero-order chi connectivity index (χ0) is 14.2. The Kier molecular flexibility index (Phi) is 6.32. The summed E-state index contributed by atoms with van der Waals surface area (Å²) in [6.07, 6.45) is 9.50. The summed E-state index contributed by atoms with van der Waals surface area (Å²) in [4.78, 5) is 2.62. The molecule has 20 heavy (non-hydrogen) atoms. The molecule has 1 aliphatic rings. The summed E-state index contributed by atoms with van der Waals surface area (Å²) in [6, 6.07) is 9.25. The highest BCUT2D eigenvalue weighted by molar-refractivity contribution is 5.23. The van der Waals surface area contributed by atoms with Crippen molar-refractivity contribution < 1.29 is 0 Å². The number of nitrogens with zero attached hydrogens (tertiary/aromatic N) is 1. The van der Waals surface area contributed by atoms with E-state index >= 15 is 0 Å². The molecule has 0 unspecified atom stereocenters. The summed E-state index contributed by atoms with van der Waals surface area (Å²) in [5, 5.41) is 0. The molecular formula is C19H29N. The van der Waals surface area contributed by atoms with Crippen LogP contribution in [0.1, 0.15) is 43.7 Å². The Morgan fingerprint density at radius 3 is 2.40 bits per heavy atom. The van der Waals surface area contributed by atoms with Gasteiger partial charge in [0.15, 0.2) is 0 Å². The van der Waals surface area contributed by atoms with E-state index in [9.17, 15) is 0 Å². The van der Waals surface area contributed by atoms with E-state index in [4.69, 9.17) is 0 Å². The fourth-order valence-corrected chi connectivity index (χ4v) is 3.17. The number of aryl methyl sites for hydroxylation is 1. The fraction of sp³-hybridized carbons (Fsp3) is 0.579. The van der Waals surface area contributed by atoms with E-state index in [1.165, 1.54) is 56.4 Å². The van der Waals surface area contributed by atoms with Gasteiger partial charge in [-0.2, -0.15) is 0 Å². The van der Waals surface area contributed by atoms with Crippen LogP contribution in [-0.4, -0.2) is 24.5 Å². The molecule has 0 aliphatic carbocycles. The lowest BCUT2D eigenvalue weighted by atomic mass is 9.89. The lowest BCUT2D eigenvalue weighted by Crippen LogP contribution is -2.34. The number of benzene rings is 1. The largest absolute Gasteiger partial charge is 0.303 e. The molecule has 1 nitrogen and oxygen atoms in total. The Labute approximate surface area is 124 Å². The van der Waals surface area contributed by atoms with Crippen molar-refractivity contribution in [3.8, 4) is 0 Å². The van der Waals surface area contributed by atoms with Gasteiger partial charge in [0.1, 0.15) is 0 Å². The zero-order valence-corrected chi connectivity index (χ0v) is 13.0. The summed E-state index contributed by atoms with van der Waals surface area (Å²) in [6.45, 7) is 9.95. The average molecular weight is 271 g/mol. The molecule has 1 aliphatic heterocycles. The van der Waals surface area contributed by atoms with Crippen LogP contribution in [0.25, 0.3) is 0 Å². The van der Waals surface area contributed by atoms with Crippen molar-refractivity contribution in [3.63, 3.8) is 0 Å². The van der Waals surface area contributed by atoms with Crippen molar-refractivity contribution in [2.75, 3.05) is 19.6 Å². The standard InChI is InChI=1S/C19H29N/c1-3-5-6-17-7-9-18(10-8-17)16-19-11-14-20(13-4-2)15-12-19/h3,7-10,19H,1,4-6,11-16H2,2H3. The van der Waals surface area contributed by atoms with Crippen molar-refractivity contribution >= 4 is 0 Å². The van der Waals surface area contributed by atoms with Gasteiger partial charge in [-0.05, 0) is 75.2 Å². The van der Waals surface area contributed by atoms with Crippen LogP contribution in [0.5, 0.6) is 0 Å². The van der Waals surface area contributed by atoms with Crippen LogP contribution in [0.2, 0.25) is 0 Å². The minimum Gasteiger partial charge on any atom is -0.303 e. The lowest BCUT2D eigenvalue weighted by Gasteiger charge is -2.31. The van der Waals surface area contributed by atoms with Crippen LogP contribution >= 0.6 is 0 Å². The minimum atomic E-state index is 0.891. The summed E-state index contributed by atoms with van der Waals surface area (Å²) >= 11 is 0. The van der Waals surface area contributed by atoms with Gasteiger partial charge in [-0.3, -0.25) is 0 Å². The molecule has 0 atom stereocenters. The second kappa shape index (κ2) is 8.26. The van der Waals surface area contributed by atoms with Crippen LogP contribution in [0.3, 0.4) is 0 Å². The second-order valence-corrected chi connectivity index (χ2v) is 6.13. The van der Waals surface area contributed by atoms with E-state index in [1.54, 1.807) is 0 Å². The number of rotatable bonds is 7. The SMILES string of the molecule is C=CCCc1ccc(CC2CCN(CCC)CC2)cc1. The van der Waals surface area contributed by atoms with E-state index in [1.807, 2.05) is 6.08 Å². The van der Waals surface area contributed by atoms with Gasteiger partial charge in [-0.15, -0.1) is 6.58 Å². The molecule has 1 aromatic rings. The monoisotopic (exact) mass is 271 g/mol. The number of likely N-dealkylation sites (tertiary alicyclic amines) is 1. The number of allylic oxidation sites excluding steroid dienone is 1. The Balaban J connectivity index is 1.77. The molecular weight excluding hydrogens is 242 g/mol. The van der Waals surface area contributed by atoms with Crippen LogP contribution in [0.4, 0.5) is 0 Å². The number of piperidine rings is 1. The summed E-state index contributed by atoms with van der Waals surface area (Å²) in [7, 11) is 0. The van der Waals surface area contributed by atoms with Gasteiger partial charge in [0, 0.05) is 0 Å². The maximum absolute atomic E-state index is 3.79. The van der Waals surface area contributed by atoms with Gasteiger partial charge >= 0.3 is 0 Å². The molecule has 0 N–H and O–H groups in total. The fourth-order valence-electron chi connectivity index (χ4n) is 3.17. The van der Waals surface area contributed by atoms with E-state index in [0.717, 1.165) is 18.8 Å². The van der Waals surface area contributed by atoms with Gasteiger partial charge < -0.3 is 4.90 Å². The van der Waals surface area contributed by atoms with Crippen molar-refractivity contribution in [1.29, 1.82) is 0 Å². The average Bonchev–Trinajstić information content (AvgIpc) is 2.49. The van der Waals surface area contributed by atoms with Crippen LogP contribution in [0, 0.1) is 5.92 Å². The Morgan fingerprint density at radius 1 is 1.15 bits per heavy atom. The summed E-state index contributed by atoms with van der Waals surface area (Å²) in [5.74, 6) is 0.891. The summed E-state index contributed by atoms with van der Waals surface area (Å²) in [5.41, 5.74) is 2.95. The highest BCUT2D eigenvalue weighted by Gasteiger charge is 2.18. The Bertz CT molecular complexity index is 385. The van der Waals surface area contributed by atoms with Gasteiger partial charge in [0.25, 0.3) is 0 Å². The molecule has 0 spiro atoms. The van der Waals surface area contributed by atoms with Crippen LogP contribution < -0.4 is 0 Å². The lowest BCUT2D eigenvalue weighted by molar-refractivity contribution is 0.184. The first-order valence-electron chi connectivity index (χ1n) is 8.23. The molecule has 1 fully saturated rings. The minimum absolute atomic E-state index is 0.891. The summed E-state index contributed by atoms with van der Waals surface area (Å²) < 4.78 is 0. The molecule has 0 amide bonds. The molecule has 0 bridgehead atoms. The number of hydrogen-bond donors (Lipinski definition) is 0. The van der Waals surface area contributed by atoms with Crippen molar-refractivity contribution in [2.24, 2.45) is 5.92 Å².